The molecule has 0 saturated carbocycles. The second-order valence-corrected chi connectivity index (χ2v) is 11.6. The molecule has 3 aliphatic heterocycles. The lowest BCUT2D eigenvalue weighted by Gasteiger charge is -2.29. The fraction of sp³-hybridized carbons (Fsp3) is 0.387. The van der Waals surface area contributed by atoms with E-state index in [2.05, 4.69) is 20.6 Å². The topological polar surface area (TPSA) is 160 Å². The first kappa shape index (κ1) is 31.6. The zero-order valence-electron chi connectivity index (χ0n) is 25.0. The lowest BCUT2D eigenvalue weighted by Crippen LogP contribution is -2.52. The molecule has 236 valence electrons. The maximum atomic E-state index is 13.9. The number of aromatic nitrogens is 2. The average Bonchev–Trinajstić information content (AvgIpc) is 3.49. The van der Waals surface area contributed by atoms with Crippen LogP contribution in [0.4, 0.5) is 16.2 Å². The van der Waals surface area contributed by atoms with Gasteiger partial charge in [0.1, 0.15) is 18.3 Å². The Morgan fingerprint density at radius 1 is 1.07 bits per heavy atom. The predicted molar refractivity (Wildman–Crippen MR) is 167 cm³/mol. The van der Waals surface area contributed by atoms with Gasteiger partial charge in [-0.05, 0) is 69.4 Å². The van der Waals surface area contributed by atoms with Crippen molar-refractivity contribution in [3.05, 3.63) is 75.1 Å². The number of urea groups is 1. The van der Waals surface area contributed by atoms with Gasteiger partial charge in [0.2, 0.25) is 5.91 Å². The van der Waals surface area contributed by atoms with Crippen LogP contribution in [0.15, 0.2) is 48.5 Å². The number of benzene rings is 2. The Morgan fingerprint density at radius 2 is 1.87 bits per heavy atom. The number of aryl methyl sites for hydroxylation is 1. The fourth-order valence-electron chi connectivity index (χ4n) is 5.54. The van der Waals surface area contributed by atoms with Gasteiger partial charge >= 0.3 is 11.7 Å². The molecule has 6 rings (SSSR count). The molecule has 2 N–H and O–H groups in total. The Hall–Kier alpha value is -4.78. The monoisotopic (exact) mass is 635 g/mol. The summed E-state index contributed by atoms with van der Waals surface area (Å²) < 4.78 is 5.95. The molecule has 0 radical (unpaired) electrons. The van der Waals surface area contributed by atoms with Gasteiger partial charge < -0.3 is 25.2 Å². The summed E-state index contributed by atoms with van der Waals surface area (Å²) in [6.07, 6.45) is 2.79. The van der Waals surface area contributed by atoms with Crippen molar-refractivity contribution in [2.75, 3.05) is 32.1 Å². The van der Waals surface area contributed by atoms with Crippen LogP contribution in [0.1, 0.15) is 48.3 Å². The summed E-state index contributed by atoms with van der Waals surface area (Å²) in [5.41, 5.74) is 1.19. The Bertz CT molecular complexity index is 1620. The Labute approximate surface area is 265 Å². The first-order valence-corrected chi connectivity index (χ1v) is 15.1. The number of nitro benzene ring substituents is 1. The summed E-state index contributed by atoms with van der Waals surface area (Å²) in [4.78, 5) is 63.7. The predicted octanol–water partition coefficient (Wildman–Crippen LogP) is 4.83. The third-order valence-corrected chi connectivity index (χ3v) is 8.22. The number of ether oxygens (including phenoxy) is 1. The number of rotatable bonds is 3. The minimum atomic E-state index is -0.864. The highest BCUT2D eigenvalue weighted by Gasteiger charge is 2.35. The van der Waals surface area contributed by atoms with Crippen LogP contribution >= 0.6 is 11.6 Å². The van der Waals surface area contributed by atoms with Crippen LogP contribution in [-0.2, 0) is 4.79 Å². The molecule has 1 fully saturated rings. The third-order valence-electron chi connectivity index (χ3n) is 7.89. The second-order valence-electron chi connectivity index (χ2n) is 11.1. The zero-order chi connectivity index (χ0) is 32.1. The highest BCUT2D eigenvalue weighted by atomic mass is 35.5. The molecule has 0 unspecified atom stereocenters. The lowest BCUT2D eigenvalue weighted by molar-refractivity contribution is -0.385. The first-order valence-electron chi connectivity index (χ1n) is 14.8. The van der Waals surface area contributed by atoms with Crippen LogP contribution < -0.4 is 15.4 Å². The molecule has 14 heteroatoms. The first-order chi connectivity index (χ1) is 21.6. The maximum absolute atomic E-state index is 13.9. The van der Waals surface area contributed by atoms with E-state index in [1.54, 1.807) is 55.3 Å². The number of para-hydroxylation sites is 1. The minimum absolute atomic E-state index is 0.0366. The van der Waals surface area contributed by atoms with Crippen molar-refractivity contribution < 1.29 is 24.0 Å². The molecule has 4 heterocycles. The van der Waals surface area contributed by atoms with E-state index >= 15 is 0 Å². The van der Waals surface area contributed by atoms with E-state index in [1.165, 1.54) is 17.0 Å². The third kappa shape index (κ3) is 7.48. The maximum Gasteiger partial charge on any atom is 0.319 e. The van der Waals surface area contributed by atoms with E-state index in [1.807, 2.05) is 0 Å². The van der Waals surface area contributed by atoms with E-state index in [0.29, 0.717) is 60.7 Å². The molecule has 13 nitrogen and oxygen atoms in total. The van der Waals surface area contributed by atoms with Gasteiger partial charge in [-0.25, -0.2) is 14.8 Å². The molecule has 0 spiro atoms. The molecule has 2 atom stereocenters. The fourth-order valence-corrected chi connectivity index (χ4v) is 5.73. The average molecular weight is 636 g/mol. The van der Waals surface area contributed by atoms with Gasteiger partial charge in [0.15, 0.2) is 11.6 Å². The van der Waals surface area contributed by atoms with Crippen LogP contribution in [0.5, 0.6) is 5.75 Å². The van der Waals surface area contributed by atoms with Gasteiger partial charge in [-0.3, -0.25) is 19.7 Å². The Balaban J connectivity index is 1.44. The quantitative estimate of drug-likeness (QED) is 0.306. The van der Waals surface area contributed by atoms with Crippen molar-refractivity contribution in [1.82, 2.24) is 25.1 Å². The van der Waals surface area contributed by atoms with Gasteiger partial charge in [0.25, 0.3) is 5.91 Å². The number of amides is 4. The van der Waals surface area contributed by atoms with Crippen LogP contribution in [0.25, 0.3) is 11.4 Å². The zero-order valence-corrected chi connectivity index (χ0v) is 25.7. The van der Waals surface area contributed by atoms with Crippen molar-refractivity contribution in [2.24, 2.45) is 0 Å². The van der Waals surface area contributed by atoms with Crippen molar-refractivity contribution in [3.8, 4) is 17.1 Å². The summed E-state index contributed by atoms with van der Waals surface area (Å²) in [6, 6.07) is 11.0. The molecule has 0 aliphatic carbocycles. The van der Waals surface area contributed by atoms with Crippen LogP contribution in [0.2, 0.25) is 5.02 Å². The highest BCUT2D eigenvalue weighted by molar-refractivity contribution is 6.33. The molecule has 1 aromatic heterocycles. The number of fused-ring (bicyclic) bond motifs is 10. The molecule has 4 bridgehead atoms. The molecule has 4 amide bonds. The van der Waals surface area contributed by atoms with E-state index in [-0.39, 0.29) is 47.4 Å². The van der Waals surface area contributed by atoms with Crippen LogP contribution in [0.3, 0.4) is 0 Å². The Morgan fingerprint density at radius 3 is 2.64 bits per heavy atom. The summed E-state index contributed by atoms with van der Waals surface area (Å²) in [7, 11) is 1.66. The summed E-state index contributed by atoms with van der Waals surface area (Å²) >= 11 is 6.21. The molecule has 3 aliphatic rings. The number of carbonyl (C=O) groups is 3. The standard InChI is InChI=1S/C31H34ClN7O6/c1-19-16-25-29(40)37(2)14-6-5-11-24(36-31(42)35-23-10-4-3-9-22(23)32)30(41)38-15-7-8-21(38)18-45-27-13-12-20(28(33-19)34-25)17-26(27)39(43)44/h3-4,9-10,12-13,16-17,21,24H,5-8,11,14-15,18H2,1-2H3,(H2,35,36,42)/t21-,24-/m0/s1. The largest absolute Gasteiger partial charge is 0.485 e. The van der Waals surface area contributed by atoms with Crippen molar-refractivity contribution in [3.63, 3.8) is 0 Å². The SMILES string of the molecule is Cc1cc2nc(n1)-c1ccc(c([N+](=O)[O-])c1)OC[C@@H]1CCCN1C(=O)[C@@H](NC(=O)Nc1ccccc1Cl)CCCCN(C)C2=O. The minimum Gasteiger partial charge on any atom is -0.485 e. The molecule has 2 aromatic carbocycles. The van der Waals surface area contributed by atoms with Crippen molar-refractivity contribution >= 4 is 40.8 Å². The smallest absolute Gasteiger partial charge is 0.319 e. The lowest BCUT2D eigenvalue weighted by atomic mass is 10.1. The van der Waals surface area contributed by atoms with E-state index < -0.39 is 17.0 Å². The number of nitrogens with one attached hydrogen (secondary N) is 2. The van der Waals surface area contributed by atoms with Gasteiger partial charge in [-0.2, -0.15) is 0 Å². The number of hydrogen-bond donors (Lipinski definition) is 2. The molecular weight excluding hydrogens is 602 g/mol. The van der Waals surface area contributed by atoms with Crippen LogP contribution in [-0.4, -0.2) is 81.4 Å². The number of carbonyl (C=O) groups excluding carboxylic acids is 3. The Kier molecular flexibility index (Phi) is 9.77. The van der Waals surface area contributed by atoms with Gasteiger partial charge in [-0.15, -0.1) is 0 Å². The van der Waals surface area contributed by atoms with Gasteiger partial charge in [0.05, 0.1) is 21.7 Å². The molecule has 1 saturated heterocycles. The summed E-state index contributed by atoms with van der Waals surface area (Å²) in [5.74, 6) is -0.377. The number of nitrogens with zero attached hydrogens (tertiary/aromatic N) is 5. The van der Waals surface area contributed by atoms with E-state index in [9.17, 15) is 24.5 Å². The number of anilines is 1. The van der Waals surface area contributed by atoms with Gasteiger partial charge in [-0.1, -0.05) is 23.7 Å². The van der Waals surface area contributed by atoms with Gasteiger partial charge in [0, 0.05) is 37.5 Å². The summed E-state index contributed by atoms with van der Waals surface area (Å²) in [6.45, 7) is 2.60. The highest BCUT2D eigenvalue weighted by Crippen LogP contribution is 2.33. The van der Waals surface area contributed by atoms with Crippen molar-refractivity contribution in [2.45, 2.75) is 51.1 Å². The normalized spacial score (nSPS) is 19.2. The number of halogens is 1. The molecule has 3 aromatic rings. The molecular formula is C31H34ClN7O6. The van der Waals surface area contributed by atoms with Crippen molar-refractivity contribution in [1.29, 1.82) is 0 Å². The molecule has 45 heavy (non-hydrogen) atoms. The van der Waals surface area contributed by atoms with E-state index in [0.717, 1.165) is 6.42 Å². The number of hydrogen-bond acceptors (Lipinski definition) is 8. The van der Waals surface area contributed by atoms with E-state index in [4.69, 9.17) is 16.3 Å². The second kappa shape index (κ2) is 13.9. The summed E-state index contributed by atoms with van der Waals surface area (Å²) in [5, 5.41) is 17.9. The number of nitro groups is 1. The van der Waals surface area contributed by atoms with Crippen LogP contribution in [0, 0.1) is 17.0 Å².